The van der Waals surface area contributed by atoms with Gasteiger partial charge in [-0.3, -0.25) is 4.79 Å². The van der Waals surface area contributed by atoms with Crippen LogP contribution in [-0.4, -0.2) is 17.8 Å². The number of nitrogens with two attached hydrogens (primary N) is 1. The van der Waals surface area contributed by atoms with Crippen LogP contribution in [0.2, 0.25) is 0 Å². The van der Waals surface area contributed by atoms with Crippen molar-refractivity contribution in [1.82, 2.24) is 4.57 Å². The lowest BCUT2D eigenvalue weighted by Crippen LogP contribution is -2.24. The molecule has 0 aliphatic rings. The molecule has 0 radical (unpaired) electrons. The number of hydrogen-bond acceptors (Lipinski definition) is 4. The zero-order valence-corrected chi connectivity index (χ0v) is 15.2. The van der Waals surface area contributed by atoms with Gasteiger partial charge in [-0.1, -0.05) is 39.3 Å². The van der Waals surface area contributed by atoms with E-state index in [2.05, 4.69) is 20.4 Å². The number of benzene rings is 1. The molecule has 2 N–H and O–H groups in total. The molecular formula is C20H28N2O3. The van der Waals surface area contributed by atoms with Crippen LogP contribution in [0, 0.1) is 0 Å². The third-order valence-electron chi connectivity index (χ3n) is 4.03. The van der Waals surface area contributed by atoms with Gasteiger partial charge in [0.05, 0.1) is 12.1 Å². The minimum Gasteiger partial charge on any atom is -0.489 e. The molecule has 136 valence electrons. The molecular weight excluding hydrogens is 316 g/mol. The topological polar surface area (TPSA) is 66.5 Å². The fourth-order valence-electron chi connectivity index (χ4n) is 2.69. The average Bonchev–Trinajstić information content (AvgIpc) is 2.60. The molecule has 0 atom stereocenters. The largest absolute Gasteiger partial charge is 0.489 e. The van der Waals surface area contributed by atoms with Gasteiger partial charge in [0, 0.05) is 17.6 Å². The van der Waals surface area contributed by atoms with E-state index in [4.69, 9.17) is 15.2 Å². The molecule has 25 heavy (non-hydrogen) atoms. The van der Waals surface area contributed by atoms with Crippen LogP contribution in [0.15, 0.2) is 35.6 Å². The van der Waals surface area contributed by atoms with E-state index in [1.807, 2.05) is 18.2 Å². The number of rotatable bonds is 10. The smallest absolute Gasteiger partial charge is 0.297 e. The van der Waals surface area contributed by atoms with Gasteiger partial charge in [0.2, 0.25) is 5.75 Å². The first kappa shape index (κ1) is 18.9. The number of pyridine rings is 1. The van der Waals surface area contributed by atoms with Gasteiger partial charge in [-0.15, -0.1) is 0 Å². The van der Waals surface area contributed by atoms with Gasteiger partial charge in [0.25, 0.3) is 5.56 Å². The third-order valence-corrected chi connectivity index (χ3v) is 4.03. The van der Waals surface area contributed by atoms with E-state index in [1.54, 1.807) is 10.6 Å². The van der Waals surface area contributed by atoms with E-state index >= 15 is 0 Å². The van der Waals surface area contributed by atoms with Crippen LogP contribution in [0.3, 0.4) is 0 Å². The Bertz CT molecular complexity index is 781. The molecule has 1 aromatic heterocycles. The highest BCUT2D eigenvalue weighted by Gasteiger charge is 2.19. The Balaban J connectivity index is 2.67. The number of nitrogens with zero attached hydrogens (tertiary/aromatic N) is 1. The third kappa shape index (κ3) is 4.35. The number of nitrogen functional groups attached to an aromatic ring is 1. The molecule has 0 aliphatic carbocycles. The van der Waals surface area contributed by atoms with Gasteiger partial charge < -0.3 is 19.8 Å². The summed E-state index contributed by atoms with van der Waals surface area (Å²) >= 11 is 0. The Morgan fingerprint density at radius 1 is 1.16 bits per heavy atom. The molecule has 5 nitrogen and oxygen atoms in total. The number of anilines is 1. The van der Waals surface area contributed by atoms with Crippen molar-refractivity contribution in [2.45, 2.75) is 46.1 Å². The lowest BCUT2D eigenvalue weighted by molar-refractivity contribution is 0.278. The molecule has 1 heterocycles. The van der Waals surface area contributed by atoms with Gasteiger partial charge in [-0.25, -0.2) is 0 Å². The number of ether oxygens (including phenoxy) is 2. The molecule has 0 bridgehead atoms. The highest BCUT2D eigenvalue weighted by Crippen LogP contribution is 2.34. The first-order valence-corrected chi connectivity index (χ1v) is 8.96. The number of aromatic nitrogens is 1. The first-order chi connectivity index (χ1) is 12.1. The van der Waals surface area contributed by atoms with Gasteiger partial charge >= 0.3 is 0 Å². The Morgan fingerprint density at radius 2 is 1.92 bits per heavy atom. The van der Waals surface area contributed by atoms with Gasteiger partial charge in [0.1, 0.15) is 6.61 Å². The van der Waals surface area contributed by atoms with E-state index in [9.17, 15) is 4.79 Å². The molecule has 5 heteroatoms. The highest BCUT2D eigenvalue weighted by molar-refractivity contribution is 5.90. The standard InChI is InChI=1S/C20H28N2O3/c1-4-7-11-22-17-14-15(21)9-10-16(17)18(25-13-8-5-2)19(20(22)23)24-12-6-3/h6,9-10,14H,3-5,7-8,11-13,21H2,1-2H3. The lowest BCUT2D eigenvalue weighted by Gasteiger charge is -2.18. The Kier molecular flexibility index (Phi) is 6.92. The fourth-order valence-corrected chi connectivity index (χ4v) is 2.69. The SMILES string of the molecule is C=CCOc1c(OCCCC)c2ccc(N)cc2n(CCCC)c1=O. The molecule has 0 fully saturated rings. The monoisotopic (exact) mass is 344 g/mol. The van der Waals surface area contributed by atoms with Crippen molar-refractivity contribution >= 4 is 16.6 Å². The molecule has 0 spiro atoms. The number of hydrogen-bond donors (Lipinski definition) is 1. The van der Waals surface area contributed by atoms with E-state index < -0.39 is 0 Å². The number of aryl methyl sites for hydroxylation is 1. The first-order valence-electron chi connectivity index (χ1n) is 8.96. The van der Waals surface area contributed by atoms with E-state index in [1.165, 1.54) is 0 Å². The summed E-state index contributed by atoms with van der Waals surface area (Å²) in [5.74, 6) is 0.757. The van der Waals surface area contributed by atoms with Crippen molar-refractivity contribution in [3.63, 3.8) is 0 Å². The molecule has 2 rings (SSSR count). The summed E-state index contributed by atoms with van der Waals surface area (Å²) in [5, 5.41) is 0.847. The maximum absolute atomic E-state index is 13.0. The van der Waals surface area contributed by atoms with Gasteiger partial charge in [0.15, 0.2) is 5.75 Å². The molecule has 0 saturated carbocycles. The lowest BCUT2D eigenvalue weighted by atomic mass is 10.1. The van der Waals surface area contributed by atoms with Crippen LogP contribution in [0.25, 0.3) is 10.9 Å². The highest BCUT2D eigenvalue weighted by atomic mass is 16.5. The molecule has 0 aliphatic heterocycles. The van der Waals surface area contributed by atoms with Crippen molar-refractivity contribution in [3.05, 3.63) is 41.2 Å². The van der Waals surface area contributed by atoms with Crippen molar-refractivity contribution in [2.75, 3.05) is 18.9 Å². The van der Waals surface area contributed by atoms with Gasteiger partial charge in [-0.2, -0.15) is 0 Å². The van der Waals surface area contributed by atoms with E-state index in [0.29, 0.717) is 24.6 Å². The van der Waals surface area contributed by atoms with Crippen LogP contribution in [0.5, 0.6) is 11.5 Å². The molecule has 1 aromatic carbocycles. The summed E-state index contributed by atoms with van der Waals surface area (Å²) in [6.07, 6.45) is 5.45. The number of fused-ring (bicyclic) bond motifs is 1. The zero-order chi connectivity index (χ0) is 18.2. The summed E-state index contributed by atoms with van der Waals surface area (Å²) < 4.78 is 13.4. The van der Waals surface area contributed by atoms with Crippen molar-refractivity contribution in [2.24, 2.45) is 0 Å². The van der Waals surface area contributed by atoms with Crippen molar-refractivity contribution < 1.29 is 9.47 Å². The summed E-state index contributed by atoms with van der Waals surface area (Å²) in [5.41, 5.74) is 7.19. The fraction of sp³-hybridized carbons (Fsp3) is 0.450. The predicted octanol–water partition coefficient (Wildman–Crippen LogP) is 4.13. The second-order valence-corrected chi connectivity index (χ2v) is 6.05. The molecule has 0 saturated heterocycles. The van der Waals surface area contributed by atoms with Crippen molar-refractivity contribution in [1.29, 1.82) is 0 Å². The van der Waals surface area contributed by atoms with Gasteiger partial charge in [-0.05, 0) is 31.0 Å². The second-order valence-electron chi connectivity index (χ2n) is 6.05. The maximum Gasteiger partial charge on any atom is 0.297 e. The van der Waals surface area contributed by atoms with Crippen LogP contribution < -0.4 is 20.8 Å². The summed E-state index contributed by atoms with van der Waals surface area (Å²) in [6, 6.07) is 5.55. The predicted molar refractivity (Wildman–Crippen MR) is 104 cm³/mol. The minimum absolute atomic E-state index is 0.181. The minimum atomic E-state index is -0.181. The molecule has 0 unspecified atom stereocenters. The summed E-state index contributed by atoms with van der Waals surface area (Å²) in [6.45, 7) is 9.28. The van der Waals surface area contributed by atoms with E-state index in [-0.39, 0.29) is 17.9 Å². The normalized spacial score (nSPS) is 10.8. The molecule has 0 amide bonds. The van der Waals surface area contributed by atoms with E-state index in [0.717, 1.165) is 36.6 Å². The van der Waals surface area contributed by atoms with Crippen LogP contribution in [0.1, 0.15) is 39.5 Å². The number of unbranched alkanes of at least 4 members (excludes halogenated alkanes) is 2. The van der Waals surface area contributed by atoms with Crippen molar-refractivity contribution in [3.8, 4) is 11.5 Å². The van der Waals surface area contributed by atoms with Crippen LogP contribution in [-0.2, 0) is 6.54 Å². The second kappa shape index (κ2) is 9.16. The Morgan fingerprint density at radius 3 is 2.60 bits per heavy atom. The quantitative estimate of drug-likeness (QED) is 0.400. The Hall–Kier alpha value is -2.43. The molecule has 2 aromatic rings. The zero-order valence-electron chi connectivity index (χ0n) is 15.2. The maximum atomic E-state index is 13.0. The van der Waals surface area contributed by atoms with Crippen LogP contribution >= 0.6 is 0 Å². The summed E-state index contributed by atoms with van der Waals surface area (Å²) in [7, 11) is 0. The van der Waals surface area contributed by atoms with Crippen LogP contribution in [0.4, 0.5) is 5.69 Å². The Labute approximate surface area is 149 Å². The summed E-state index contributed by atoms with van der Waals surface area (Å²) in [4.78, 5) is 13.0. The average molecular weight is 344 g/mol.